The number of methoxy groups -OCH3 is 2. The van der Waals surface area contributed by atoms with Gasteiger partial charge in [0.05, 0.1) is 32.2 Å². The molecule has 2 rings (SSSR count). The van der Waals surface area contributed by atoms with Crippen molar-refractivity contribution >= 4 is 5.91 Å². The summed E-state index contributed by atoms with van der Waals surface area (Å²) >= 11 is 0. The third-order valence-electron chi connectivity index (χ3n) is 3.90. The Morgan fingerprint density at radius 2 is 1.85 bits per heavy atom. The van der Waals surface area contributed by atoms with E-state index in [4.69, 9.17) is 9.47 Å². The molecule has 0 radical (unpaired) electrons. The molecule has 1 atom stereocenters. The Morgan fingerprint density at radius 1 is 1.12 bits per heavy atom. The molecule has 140 valence electrons. The van der Waals surface area contributed by atoms with Gasteiger partial charge in [0, 0.05) is 5.56 Å². The molecule has 0 aliphatic carbocycles. The molecule has 0 fully saturated rings. The molecule has 2 aromatic carbocycles. The summed E-state index contributed by atoms with van der Waals surface area (Å²) < 4.78 is 48.8. The van der Waals surface area contributed by atoms with Crippen molar-refractivity contribution in [1.82, 2.24) is 5.32 Å². The van der Waals surface area contributed by atoms with Crippen LogP contribution in [0.1, 0.15) is 29.7 Å². The monoisotopic (exact) mass is 367 g/mol. The number of rotatable bonds is 6. The SMILES string of the molecule is COc1ccc(OC)c([C@H](C)NC(=O)Cc2cccc(C(F)(F)F)c2)c1. The topological polar surface area (TPSA) is 47.6 Å². The zero-order valence-electron chi connectivity index (χ0n) is 14.7. The molecule has 4 nitrogen and oxygen atoms in total. The van der Waals surface area contributed by atoms with Crippen LogP contribution < -0.4 is 14.8 Å². The summed E-state index contributed by atoms with van der Waals surface area (Å²) in [5.74, 6) is 0.805. The van der Waals surface area contributed by atoms with Crippen LogP contribution in [-0.2, 0) is 17.4 Å². The maximum atomic E-state index is 12.8. The summed E-state index contributed by atoms with van der Waals surface area (Å²) in [7, 11) is 3.05. The van der Waals surface area contributed by atoms with Crippen molar-refractivity contribution in [2.24, 2.45) is 0 Å². The lowest BCUT2D eigenvalue weighted by Gasteiger charge is -2.18. The summed E-state index contributed by atoms with van der Waals surface area (Å²) in [5.41, 5.74) is 0.233. The van der Waals surface area contributed by atoms with Crippen LogP contribution in [0.5, 0.6) is 11.5 Å². The number of hydrogen-bond donors (Lipinski definition) is 1. The van der Waals surface area contributed by atoms with Crippen LogP contribution in [0, 0.1) is 0 Å². The quantitative estimate of drug-likeness (QED) is 0.835. The Labute approximate surface area is 149 Å². The molecular formula is C19H20F3NO3. The van der Waals surface area contributed by atoms with Crippen molar-refractivity contribution in [3.63, 3.8) is 0 Å². The van der Waals surface area contributed by atoms with Gasteiger partial charge in [-0.1, -0.05) is 18.2 Å². The van der Waals surface area contributed by atoms with Gasteiger partial charge in [-0.15, -0.1) is 0 Å². The minimum Gasteiger partial charge on any atom is -0.497 e. The molecule has 2 aromatic rings. The molecule has 0 aliphatic heterocycles. The number of carbonyl (C=O) groups excluding carboxylic acids is 1. The number of nitrogens with one attached hydrogen (secondary N) is 1. The van der Waals surface area contributed by atoms with Gasteiger partial charge >= 0.3 is 6.18 Å². The fraction of sp³-hybridized carbons (Fsp3) is 0.316. The van der Waals surface area contributed by atoms with Gasteiger partial charge in [-0.3, -0.25) is 4.79 Å². The number of amides is 1. The first-order valence-electron chi connectivity index (χ1n) is 7.92. The number of halogens is 3. The van der Waals surface area contributed by atoms with E-state index in [0.717, 1.165) is 12.1 Å². The first-order chi connectivity index (χ1) is 12.2. The van der Waals surface area contributed by atoms with Crippen molar-refractivity contribution in [2.45, 2.75) is 25.6 Å². The fourth-order valence-corrected chi connectivity index (χ4v) is 2.59. The van der Waals surface area contributed by atoms with Gasteiger partial charge in [0.15, 0.2) is 0 Å². The van der Waals surface area contributed by atoms with Gasteiger partial charge in [0.2, 0.25) is 5.91 Å². The van der Waals surface area contributed by atoms with E-state index in [1.165, 1.54) is 26.4 Å². The molecule has 0 aliphatic rings. The van der Waals surface area contributed by atoms with Gasteiger partial charge in [0.25, 0.3) is 0 Å². The highest BCUT2D eigenvalue weighted by Gasteiger charge is 2.30. The van der Waals surface area contributed by atoms with E-state index >= 15 is 0 Å². The van der Waals surface area contributed by atoms with Gasteiger partial charge in [-0.05, 0) is 36.8 Å². The summed E-state index contributed by atoms with van der Waals surface area (Å²) in [5, 5.41) is 2.77. The van der Waals surface area contributed by atoms with Gasteiger partial charge in [-0.25, -0.2) is 0 Å². The van der Waals surface area contributed by atoms with Crippen LogP contribution in [0.15, 0.2) is 42.5 Å². The van der Waals surface area contributed by atoms with E-state index in [1.54, 1.807) is 25.1 Å². The molecule has 0 bridgehead atoms. The summed E-state index contributed by atoms with van der Waals surface area (Å²) in [6.45, 7) is 1.77. The van der Waals surface area contributed by atoms with E-state index < -0.39 is 17.8 Å². The number of hydrogen-bond acceptors (Lipinski definition) is 3. The van der Waals surface area contributed by atoms with Crippen molar-refractivity contribution in [3.8, 4) is 11.5 Å². The molecule has 0 heterocycles. The lowest BCUT2D eigenvalue weighted by Crippen LogP contribution is -2.28. The predicted molar refractivity (Wildman–Crippen MR) is 91.3 cm³/mol. The molecule has 0 spiro atoms. The molecule has 1 amide bonds. The average molecular weight is 367 g/mol. The maximum Gasteiger partial charge on any atom is 0.416 e. The Bertz CT molecular complexity index is 775. The Kier molecular flexibility index (Phi) is 6.13. The van der Waals surface area contributed by atoms with Crippen molar-refractivity contribution in [1.29, 1.82) is 0 Å². The van der Waals surface area contributed by atoms with Crippen LogP contribution in [0.25, 0.3) is 0 Å². The molecule has 0 aromatic heterocycles. The third-order valence-corrected chi connectivity index (χ3v) is 3.90. The zero-order chi connectivity index (χ0) is 19.3. The number of alkyl halides is 3. The molecule has 0 saturated heterocycles. The van der Waals surface area contributed by atoms with E-state index in [-0.39, 0.29) is 12.3 Å². The highest BCUT2D eigenvalue weighted by atomic mass is 19.4. The zero-order valence-corrected chi connectivity index (χ0v) is 14.7. The highest BCUT2D eigenvalue weighted by Crippen LogP contribution is 2.30. The first-order valence-corrected chi connectivity index (χ1v) is 7.92. The normalized spacial score (nSPS) is 12.4. The number of carbonyl (C=O) groups is 1. The van der Waals surface area contributed by atoms with Gasteiger partial charge in [-0.2, -0.15) is 13.2 Å². The first kappa shape index (κ1) is 19.6. The highest BCUT2D eigenvalue weighted by molar-refractivity contribution is 5.79. The summed E-state index contributed by atoms with van der Waals surface area (Å²) in [6, 6.07) is 9.54. The molecule has 1 N–H and O–H groups in total. The minimum absolute atomic E-state index is 0.152. The Hall–Kier alpha value is -2.70. The molecule has 0 unspecified atom stereocenters. The molecular weight excluding hydrogens is 347 g/mol. The van der Waals surface area contributed by atoms with Gasteiger partial charge in [0.1, 0.15) is 11.5 Å². The maximum absolute atomic E-state index is 12.8. The summed E-state index contributed by atoms with van der Waals surface area (Å²) in [6.07, 6.45) is -4.59. The average Bonchev–Trinajstić information content (AvgIpc) is 2.60. The van der Waals surface area contributed by atoms with Gasteiger partial charge < -0.3 is 14.8 Å². The number of benzene rings is 2. The molecule has 26 heavy (non-hydrogen) atoms. The van der Waals surface area contributed by atoms with Crippen LogP contribution >= 0.6 is 0 Å². The number of ether oxygens (including phenoxy) is 2. The summed E-state index contributed by atoms with van der Waals surface area (Å²) in [4.78, 5) is 12.2. The lowest BCUT2D eigenvalue weighted by molar-refractivity contribution is -0.137. The van der Waals surface area contributed by atoms with Crippen LogP contribution in [0.2, 0.25) is 0 Å². The van der Waals surface area contributed by atoms with Crippen LogP contribution in [0.3, 0.4) is 0 Å². The second kappa shape index (κ2) is 8.12. The molecule has 0 saturated carbocycles. The van der Waals surface area contributed by atoms with E-state index in [0.29, 0.717) is 22.6 Å². The fourth-order valence-electron chi connectivity index (χ4n) is 2.59. The van der Waals surface area contributed by atoms with E-state index in [9.17, 15) is 18.0 Å². The van der Waals surface area contributed by atoms with Crippen molar-refractivity contribution < 1.29 is 27.4 Å². The third kappa shape index (κ3) is 4.91. The Morgan fingerprint density at radius 3 is 2.46 bits per heavy atom. The van der Waals surface area contributed by atoms with Crippen molar-refractivity contribution in [3.05, 3.63) is 59.2 Å². The second-order valence-electron chi connectivity index (χ2n) is 5.77. The second-order valence-corrected chi connectivity index (χ2v) is 5.77. The molecule has 7 heteroatoms. The van der Waals surface area contributed by atoms with E-state index in [2.05, 4.69) is 5.32 Å². The minimum atomic E-state index is -4.44. The van der Waals surface area contributed by atoms with Crippen LogP contribution in [-0.4, -0.2) is 20.1 Å². The predicted octanol–water partition coefficient (Wildman–Crippen LogP) is 4.14. The standard InChI is InChI=1S/C19H20F3NO3/c1-12(16-11-15(25-2)7-8-17(16)26-3)23-18(24)10-13-5-4-6-14(9-13)19(20,21)22/h4-9,11-12H,10H2,1-3H3,(H,23,24)/t12-/m0/s1. The van der Waals surface area contributed by atoms with Crippen LogP contribution in [0.4, 0.5) is 13.2 Å². The smallest absolute Gasteiger partial charge is 0.416 e. The lowest BCUT2D eigenvalue weighted by atomic mass is 10.0. The largest absolute Gasteiger partial charge is 0.497 e. The van der Waals surface area contributed by atoms with Crippen molar-refractivity contribution in [2.75, 3.05) is 14.2 Å². The Balaban J connectivity index is 2.11. The van der Waals surface area contributed by atoms with E-state index in [1.807, 2.05) is 0 Å².